The number of hydrogen-bond donors (Lipinski definition) is 1. The summed E-state index contributed by atoms with van der Waals surface area (Å²) in [5, 5.41) is 11.9. The molecule has 1 atom stereocenters. The number of anilines is 1. The van der Waals surface area contributed by atoms with Gasteiger partial charge in [-0.25, -0.2) is 0 Å². The molecule has 0 spiro atoms. The number of hydrogen-bond acceptors (Lipinski definition) is 6. The molecule has 1 amide bonds. The number of nitrogens with zero attached hydrogens (tertiary/aromatic N) is 1. The Kier molecular flexibility index (Phi) is 6.71. The van der Waals surface area contributed by atoms with E-state index in [1.165, 1.54) is 19.1 Å². The highest BCUT2D eigenvalue weighted by Gasteiger charge is 2.47. The molecule has 1 aliphatic heterocycles. The molecule has 0 radical (unpaired) electrons. The zero-order valence-electron chi connectivity index (χ0n) is 19.7. The predicted octanol–water partition coefficient (Wildman–Crippen LogP) is 5.30. The van der Waals surface area contributed by atoms with Crippen LogP contribution >= 0.6 is 11.6 Å². The highest BCUT2D eigenvalue weighted by Crippen LogP contribution is 2.44. The third-order valence-electron chi connectivity index (χ3n) is 5.97. The summed E-state index contributed by atoms with van der Waals surface area (Å²) in [6.07, 6.45) is 0. The Bertz CT molecular complexity index is 1330. The summed E-state index contributed by atoms with van der Waals surface area (Å²) in [5.74, 6) is -0.604. The van der Waals surface area contributed by atoms with E-state index in [1.807, 2.05) is 6.92 Å². The molecular formula is C27H24ClNO6. The molecule has 0 aromatic heterocycles. The van der Waals surface area contributed by atoms with Crippen LogP contribution in [0.15, 0.2) is 66.2 Å². The van der Waals surface area contributed by atoms with Gasteiger partial charge < -0.3 is 19.3 Å². The fourth-order valence-electron chi connectivity index (χ4n) is 4.08. The Balaban J connectivity index is 1.98. The first-order valence-corrected chi connectivity index (χ1v) is 11.1. The number of methoxy groups -OCH3 is 3. The fourth-order valence-corrected chi connectivity index (χ4v) is 4.25. The van der Waals surface area contributed by atoms with Crippen LogP contribution in [0.5, 0.6) is 17.2 Å². The summed E-state index contributed by atoms with van der Waals surface area (Å²) in [7, 11) is 4.49. The van der Waals surface area contributed by atoms with Crippen molar-refractivity contribution in [3.05, 3.63) is 87.9 Å². The first-order chi connectivity index (χ1) is 16.8. The molecule has 3 aromatic carbocycles. The van der Waals surface area contributed by atoms with Crippen LogP contribution < -0.4 is 19.1 Å². The van der Waals surface area contributed by atoms with Gasteiger partial charge in [0, 0.05) is 10.7 Å². The lowest BCUT2D eigenvalue weighted by Gasteiger charge is -2.26. The normalized spacial score (nSPS) is 16.9. The third kappa shape index (κ3) is 4.31. The number of aliphatic hydroxyl groups is 1. The third-order valence-corrected chi connectivity index (χ3v) is 6.38. The van der Waals surface area contributed by atoms with Crippen molar-refractivity contribution < 1.29 is 28.9 Å². The molecule has 7 nitrogen and oxygen atoms in total. The second-order valence-corrected chi connectivity index (χ2v) is 8.35. The van der Waals surface area contributed by atoms with Crippen molar-refractivity contribution in [3.8, 4) is 17.2 Å². The first kappa shape index (κ1) is 24.2. The quantitative estimate of drug-likeness (QED) is 0.285. The second-order valence-electron chi connectivity index (χ2n) is 7.94. The maximum atomic E-state index is 13.4. The van der Waals surface area contributed by atoms with E-state index in [9.17, 15) is 14.7 Å². The van der Waals surface area contributed by atoms with E-state index in [-0.39, 0.29) is 16.9 Å². The van der Waals surface area contributed by atoms with E-state index < -0.39 is 17.7 Å². The van der Waals surface area contributed by atoms with Crippen molar-refractivity contribution >= 4 is 34.7 Å². The van der Waals surface area contributed by atoms with E-state index in [0.29, 0.717) is 33.5 Å². The average Bonchev–Trinajstić information content (AvgIpc) is 3.15. The van der Waals surface area contributed by atoms with Crippen LogP contribution in [0.4, 0.5) is 5.69 Å². The number of halogens is 1. The average molecular weight is 494 g/mol. The molecule has 3 aromatic rings. The number of aliphatic hydroxyl groups excluding tert-OH is 1. The van der Waals surface area contributed by atoms with Gasteiger partial charge in [0.15, 0.2) is 0 Å². The molecule has 8 heteroatoms. The van der Waals surface area contributed by atoms with E-state index in [4.69, 9.17) is 25.8 Å². The van der Waals surface area contributed by atoms with Crippen LogP contribution in [0.25, 0.3) is 5.76 Å². The summed E-state index contributed by atoms with van der Waals surface area (Å²) in [5.41, 5.74) is 2.01. The zero-order valence-corrected chi connectivity index (χ0v) is 20.4. The largest absolute Gasteiger partial charge is 0.507 e. The molecule has 180 valence electrons. The first-order valence-electron chi connectivity index (χ1n) is 10.7. The standard InChI is InChI=1S/C27H24ClNO6/c1-15-5-8-17(13-21(15)28)29-24(16-6-9-18(33-2)10-7-16)23(26(31)27(29)32)25(30)20-14-19(34-3)11-12-22(20)35-4/h5-14,24,30H,1-4H3/b25-23+. The van der Waals surface area contributed by atoms with Crippen LogP contribution in [0.2, 0.25) is 5.02 Å². The summed E-state index contributed by atoms with van der Waals surface area (Å²) in [4.78, 5) is 28.1. The summed E-state index contributed by atoms with van der Waals surface area (Å²) in [6.45, 7) is 1.84. The number of ether oxygens (including phenoxy) is 3. The molecule has 1 aliphatic rings. The molecule has 4 rings (SSSR count). The maximum absolute atomic E-state index is 13.4. The van der Waals surface area contributed by atoms with Gasteiger partial charge in [0.1, 0.15) is 23.0 Å². The lowest BCUT2D eigenvalue weighted by atomic mass is 9.94. The van der Waals surface area contributed by atoms with Crippen LogP contribution in [-0.2, 0) is 9.59 Å². The van der Waals surface area contributed by atoms with Crippen molar-refractivity contribution in [3.63, 3.8) is 0 Å². The monoisotopic (exact) mass is 493 g/mol. The Labute approximate surface area is 208 Å². The number of carbonyl (C=O) groups is 2. The SMILES string of the molecule is COc1ccc(C2/C(=C(\O)c3cc(OC)ccc3OC)C(=O)C(=O)N2c2ccc(C)c(Cl)c2)cc1. The Morgan fingerprint density at radius 3 is 2.14 bits per heavy atom. The molecule has 0 bridgehead atoms. The van der Waals surface area contributed by atoms with Gasteiger partial charge >= 0.3 is 0 Å². The number of aryl methyl sites for hydroxylation is 1. The summed E-state index contributed by atoms with van der Waals surface area (Å²) >= 11 is 6.35. The fraction of sp³-hybridized carbons (Fsp3) is 0.185. The zero-order chi connectivity index (χ0) is 25.3. The molecule has 1 unspecified atom stereocenters. The van der Waals surface area contributed by atoms with Crippen LogP contribution in [0.3, 0.4) is 0 Å². The number of carbonyl (C=O) groups excluding carboxylic acids is 2. The van der Waals surface area contributed by atoms with Gasteiger partial charge in [0.25, 0.3) is 11.7 Å². The van der Waals surface area contributed by atoms with Crippen LogP contribution in [0, 0.1) is 6.92 Å². The Hall–Kier alpha value is -3.97. The van der Waals surface area contributed by atoms with Crippen molar-refractivity contribution in [2.75, 3.05) is 26.2 Å². The van der Waals surface area contributed by atoms with Gasteiger partial charge in [-0.2, -0.15) is 0 Å². The molecular weight excluding hydrogens is 470 g/mol. The Morgan fingerprint density at radius 1 is 0.886 bits per heavy atom. The van der Waals surface area contributed by atoms with Crippen LogP contribution in [0.1, 0.15) is 22.7 Å². The summed E-state index contributed by atoms with van der Waals surface area (Å²) in [6, 6.07) is 16.0. The van der Waals surface area contributed by atoms with Gasteiger partial charge in [-0.05, 0) is 60.5 Å². The van der Waals surface area contributed by atoms with Crippen LogP contribution in [-0.4, -0.2) is 38.1 Å². The lowest BCUT2D eigenvalue weighted by molar-refractivity contribution is -0.132. The molecule has 1 heterocycles. The van der Waals surface area contributed by atoms with Crippen molar-refractivity contribution in [1.82, 2.24) is 0 Å². The molecule has 1 N–H and O–H groups in total. The maximum Gasteiger partial charge on any atom is 0.300 e. The smallest absolute Gasteiger partial charge is 0.300 e. The topological polar surface area (TPSA) is 85.3 Å². The number of rotatable bonds is 6. The second kappa shape index (κ2) is 9.72. The van der Waals surface area contributed by atoms with E-state index in [1.54, 1.807) is 67.8 Å². The van der Waals surface area contributed by atoms with Gasteiger partial charge in [-0.1, -0.05) is 29.8 Å². The minimum absolute atomic E-state index is 0.0802. The lowest BCUT2D eigenvalue weighted by Crippen LogP contribution is -2.29. The molecule has 0 saturated carbocycles. The molecule has 1 fully saturated rings. The Morgan fingerprint density at radius 2 is 1.54 bits per heavy atom. The number of ketones is 1. The number of benzene rings is 3. The van der Waals surface area contributed by atoms with E-state index >= 15 is 0 Å². The van der Waals surface area contributed by atoms with Gasteiger partial charge in [-0.15, -0.1) is 0 Å². The van der Waals surface area contributed by atoms with Crippen molar-refractivity contribution in [2.24, 2.45) is 0 Å². The minimum atomic E-state index is -0.921. The molecule has 1 saturated heterocycles. The van der Waals surface area contributed by atoms with Gasteiger partial charge in [-0.3, -0.25) is 14.5 Å². The highest BCUT2D eigenvalue weighted by molar-refractivity contribution is 6.52. The van der Waals surface area contributed by atoms with E-state index in [0.717, 1.165) is 5.56 Å². The minimum Gasteiger partial charge on any atom is -0.507 e. The summed E-state index contributed by atoms with van der Waals surface area (Å²) < 4.78 is 15.9. The predicted molar refractivity (Wildman–Crippen MR) is 134 cm³/mol. The number of amides is 1. The van der Waals surface area contributed by atoms with Crippen molar-refractivity contribution in [1.29, 1.82) is 0 Å². The van der Waals surface area contributed by atoms with Gasteiger partial charge in [0.2, 0.25) is 0 Å². The van der Waals surface area contributed by atoms with Crippen molar-refractivity contribution in [2.45, 2.75) is 13.0 Å². The molecule has 35 heavy (non-hydrogen) atoms. The van der Waals surface area contributed by atoms with Gasteiger partial charge in [0.05, 0.1) is 38.5 Å². The highest BCUT2D eigenvalue weighted by atomic mass is 35.5. The number of Topliss-reactive ketones (excluding diaryl/α,β-unsaturated/α-hetero) is 1. The molecule has 0 aliphatic carbocycles. The van der Waals surface area contributed by atoms with E-state index in [2.05, 4.69) is 0 Å².